The van der Waals surface area contributed by atoms with Gasteiger partial charge < -0.3 is 10.1 Å². The highest BCUT2D eigenvalue weighted by Gasteiger charge is 2.30. The zero-order valence-corrected chi connectivity index (χ0v) is 19.6. The number of benzene rings is 2. The predicted octanol–water partition coefficient (Wildman–Crippen LogP) is 5.52. The average Bonchev–Trinajstić information content (AvgIpc) is 2.74. The molecule has 0 aromatic heterocycles. The van der Waals surface area contributed by atoms with Gasteiger partial charge in [-0.2, -0.15) is 0 Å². The number of para-hydroxylation sites is 1. The lowest BCUT2D eigenvalue weighted by Gasteiger charge is -2.37. The van der Waals surface area contributed by atoms with E-state index in [1.54, 1.807) is 6.07 Å². The van der Waals surface area contributed by atoms with Crippen molar-refractivity contribution in [2.45, 2.75) is 58.9 Å². The second-order valence-electron chi connectivity index (χ2n) is 9.42. The lowest BCUT2D eigenvalue weighted by atomic mass is 9.71. The molecular weight excluding hydrogens is 404 g/mol. The number of hydrogen-bond acceptors (Lipinski definition) is 3. The van der Waals surface area contributed by atoms with Crippen molar-refractivity contribution in [3.63, 3.8) is 0 Å². The molecule has 0 heterocycles. The third kappa shape index (κ3) is 7.06. The first-order chi connectivity index (χ1) is 14.8. The van der Waals surface area contributed by atoms with Crippen LogP contribution >= 0.6 is 12.2 Å². The minimum absolute atomic E-state index is 0.240. The van der Waals surface area contributed by atoms with Crippen LogP contribution in [0.25, 0.3) is 0 Å². The summed E-state index contributed by atoms with van der Waals surface area (Å²) >= 11 is 5.42. The Labute approximate surface area is 191 Å². The van der Waals surface area contributed by atoms with Gasteiger partial charge in [0.05, 0.1) is 12.2 Å². The van der Waals surface area contributed by atoms with Crippen LogP contribution in [-0.2, 0) is 6.42 Å². The van der Waals surface area contributed by atoms with Gasteiger partial charge in [-0.1, -0.05) is 63.2 Å². The number of ether oxygens (including phenoxy) is 1. The van der Waals surface area contributed by atoms with E-state index < -0.39 is 0 Å². The van der Waals surface area contributed by atoms with Gasteiger partial charge in [0.15, 0.2) is 5.11 Å². The van der Waals surface area contributed by atoms with Crippen LogP contribution in [0.4, 0.5) is 0 Å². The number of carbonyl (C=O) groups is 1. The van der Waals surface area contributed by atoms with Crippen molar-refractivity contribution in [3.8, 4) is 5.75 Å². The zero-order chi connectivity index (χ0) is 22.3. The molecule has 0 spiro atoms. The van der Waals surface area contributed by atoms with E-state index in [9.17, 15) is 4.79 Å². The molecule has 2 N–H and O–H groups in total. The number of amides is 1. The van der Waals surface area contributed by atoms with E-state index in [-0.39, 0.29) is 5.91 Å². The molecule has 1 fully saturated rings. The van der Waals surface area contributed by atoms with Crippen molar-refractivity contribution in [1.82, 2.24) is 10.6 Å². The van der Waals surface area contributed by atoms with Crippen molar-refractivity contribution < 1.29 is 9.53 Å². The molecule has 5 heteroatoms. The maximum atomic E-state index is 12.8. The Morgan fingerprint density at radius 3 is 2.32 bits per heavy atom. The highest BCUT2D eigenvalue weighted by Crippen LogP contribution is 2.37. The molecule has 4 nitrogen and oxygen atoms in total. The monoisotopic (exact) mass is 438 g/mol. The minimum atomic E-state index is -0.240. The van der Waals surface area contributed by atoms with Crippen LogP contribution in [0.1, 0.15) is 62.4 Å². The van der Waals surface area contributed by atoms with E-state index in [0.717, 1.165) is 25.2 Å². The first-order valence-corrected chi connectivity index (χ1v) is 11.6. The fourth-order valence-corrected chi connectivity index (χ4v) is 4.46. The van der Waals surface area contributed by atoms with E-state index in [0.29, 0.717) is 34.5 Å². The fourth-order valence-electron chi connectivity index (χ4n) is 4.20. The third-order valence-electron chi connectivity index (χ3n) is 6.14. The Balaban J connectivity index is 1.49. The molecule has 1 aliphatic carbocycles. The second kappa shape index (κ2) is 10.8. The van der Waals surface area contributed by atoms with Gasteiger partial charge in [-0.25, -0.2) is 0 Å². The SMILES string of the molecule is CC(C)(C)C1CCC(NC(=S)NC(=O)c2ccccc2OCCc2ccccc2)CC1. The minimum Gasteiger partial charge on any atom is -0.492 e. The average molecular weight is 439 g/mol. The molecule has 1 amide bonds. The van der Waals surface area contributed by atoms with Gasteiger partial charge in [0.1, 0.15) is 5.75 Å². The van der Waals surface area contributed by atoms with Crippen LogP contribution in [0.5, 0.6) is 5.75 Å². The summed E-state index contributed by atoms with van der Waals surface area (Å²) in [6.45, 7) is 7.45. The normalized spacial score (nSPS) is 18.8. The van der Waals surface area contributed by atoms with Crippen molar-refractivity contribution in [1.29, 1.82) is 0 Å². The van der Waals surface area contributed by atoms with E-state index in [2.05, 4.69) is 43.5 Å². The summed E-state index contributed by atoms with van der Waals surface area (Å²) < 4.78 is 5.91. The van der Waals surface area contributed by atoms with Crippen molar-refractivity contribution >= 4 is 23.2 Å². The first-order valence-electron chi connectivity index (χ1n) is 11.2. The van der Waals surface area contributed by atoms with Gasteiger partial charge in [0.2, 0.25) is 0 Å². The first kappa shape index (κ1) is 23.3. The van der Waals surface area contributed by atoms with Gasteiger partial charge in [0.25, 0.3) is 5.91 Å². The van der Waals surface area contributed by atoms with Gasteiger partial charge in [0, 0.05) is 12.5 Å². The molecule has 0 unspecified atom stereocenters. The Kier molecular flexibility index (Phi) is 8.08. The number of carbonyl (C=O) groups excluding carboxylic acids is 1. The van der Waals surface area contributed by atoms with E-state index in [1.807, 2.05) is 36.4 Å². The maximum Gasteiger partial charge on any atom is 0.261 e. The molecule has 31 heavy (non-hydrogen) atoms. The van der Waals surface area contributed by atoms with Crippen LogP contribution in [-0.4, -0.2) is 23.7 Å². The van der Waals surface area contributed by atoms with Crippen molar-refractivity contribution in [3.05, 3.63) is 65.7 Å². The van der Waals surface area contributed by atoms with E-state index in [4.69, 9.17) is 17.0 Å². The third-order valence-corrected chi connectivity index (χ3v) is 6.36. The van der Waals surface area contributed by atoms with Crippen LogP contribution in [0.3, 0.4) is 0 Å². The molecule has 2 aromatic rings. The van der Waals surface area contributed by atoms with Gasteiger partial charge in [-0.15, -0.1) is 0 Å². The van der Waals surface area contributed by atoms with Gasteiger partial charge in [-0.05, 0) is 66.9 Å². The number of thiocarbonyl (C=S) groups is 1. The molecule has 166 valence electrons. The molecule has 1 aliphatic rings. The molecule has 0 bridgehead atoms. The predicted molar refractivity (Wildman–Crippen MR) is 130 cm³/mol. The molecule has 0 radical (unpaired) electrons. The molecule has 3 rings (SSSR count). The molecule has 0 saturated heterocycles. The number of rotatable bonds is 6. The lowest BCUT2D eigenvalue weighted by molar-refractivity contribution is 0.0972. The molecule has 0 aliphatic heterocycles. The summed E-state index contributed by atoms with van der Waals surface area (Å²) in [6.07, 6.45) is 5.33. The van der Waals surface area contributed by atoms with E-state index >= 15 is 0 Å². The van der Waals surface area contributed by atoms with Crippen molar-refractivity contribution in [2.24, 2.45) is 11.3 Å². The molecule has 0 atom stereocenters. The fraction of sp³-hybridized carbons (Fsp3) is 0.462. The Hall–Kier alpha value is -2.40. The van der Waals surface area contributed by atoms with Crippen LogP contribution in [0.15, 0.2) is 54.6 Å². The Morgan fingerprint density at radius 2 is 1.65 bits per heavy atom. The smallest absolute Gasteiger partial charge is 0.261 e. The number of hydrogen-bond donors (Lipinski definition) is 2. The topological polar surface area (TPSA) is 50.4 Å². The highest BCUT2D eigenvalue weighted by molar-refractivity contribution is 7.80. The van der Waals surface area contributed by atoms with Crippen LogP contribution < -0.4 is 15.4 Å². The molecule has 2 aromatic carbocycles. The maximum absolute atomic E-state index is 12.8. The van der Waals surface area contributed by atoms with Crippen molar-refractivity contribution in [2.75, 3.05) is 6.61 Å². The summed E-state index contributed by atoms with van der Waals surface area (Å²) in [5, 5.41) is 6.56. The molecule has 1 saturated carbocycles. The standard InChI is InChI=1S/C26H34N2O2S/c1-26(2,3)20-13-15-21(16-14-20)27-25(31)28-24(29)22-11-7-8-12-23(22)30-18-17-19-9-5-4-6-10-19/h4-12,20-21H,13-18H2,1-3H3,(H2,27,28,29,31). The summed E-state index contributed by atoms with van der Waals surface area (Å²) in [5.74, 6) is 1.08. The van der Waals surface area contributed by atoms with Gasteiger partial charge in [-0.3, -0.25) is 10.1 Å². The lowest BCUT2D eigenvalue weighted by Crippen LogP contribution is -2.46. The van der Waals surface area contributed by atoms with Crippen LogP contribution in [0, 0.1) is 11.3 Å². The summed E-state index contributed by atoms with van der Waals surface area (Å²) in [7, 11) is 0. The molecular formula is C26H34N2O2S. The van der Waals surface area contributed by atoms with Crippen LogP contribution in [0.2, 0.25) is 0 Å². The number of nitrogens with one attached hydrogen (secondary N) is 2. The quantitative estimate of drug-likeness (QED) is 0.583. The summed E-state index contributed by atoms with van der Waals surface area (Å²) in [4.78, 5) is 12.8. The van der Waals surface area contributed by atoms with Gasteiger partial charge >= 0.3 is 0 Å². The largest absolute Gasteiger partial charge is 0.492 e. The Bertz CT molecular complexity index is 868. The summed E-state index contributed by atoms with van der Waals surface area (Å²) in [6, 6.07) is 17.8. The zero-order valence-electron chi connectivity index (χ0n) is 18.8. The Morgan fingerprint density at radius 1 is 1.00 bits per heavy atom. The highest BCUT2D eigenvalue weighted by atomic mass is 32.1. The second-order valence-corrected chi connectivity index (χ2v) is 9.83. The summed E-state index contributed by atoms with van der Waals surface area (Å²) in [5.41, 5.74) is 2.05. The van der Waals surface area contributed by atoms with E-state index in [1.165, 1.54) is 18.4 Å².